The molecule has 27 heavy (non-hydrogen) atoms. The molecule has 0 bridgehead atoms. The second-order valence-electron chi connectivity index (χ2n) is 5.38. The van der Waals surface area contributed by atoms with Gasteiger partial charge >= 0.3 is 0 Å². The van der Waals surface area contributed by atoms with Crippen molar-refractivity contribution < 1.29 is 5.11 Å². The largest absolute Gasteiger partial charge is 0.390 e. The van der Waals surface area contributed by atoms with E-state index < -0.39 is 0 Å². The fourth-order valence-corrected chi connectivity index (χ4v) is 2.54. The van der Waals surface area contributed by atoms with Crippen molar-refractivity contribution in [1.29, 1.82) is 10.7 Å². The standard InChI is InChI=1S/C18H14ClN7O/c19-14-3-1-2-11(6-20)18(14)25-15-5-17(22-8-12(15)7-21)26-16-4-13(9-27)23-10-24-16/h1-5,7-8,10,21,27H,9H2,(H2,22,23,24,25,26). The Morgan fingerprint density at radius 1 is 1.19 bits per heavy atom. The minimum atomic E-state index is -0.201. The lowest BCUT2D eigenvalue weighted by Gasteiger charge is -2.14. The Hall–Kier alpha value is -3.54. The van der Waals surface area contributed by atoms with Crippen molar-refractivity contribution in [2.24, 2.45) is 0 Å². The maximum Gasteiger partial charge on any atom is 0.135 e. The Bertz CT molecular complexity index is 1030. The molecule has 0 amide bonds. The van der Waals surface area contributed by atoms with Gasteiger partial charge in [0.05, 0.1) is 34.3 Å². The van der Waals surface area contributed by atoms with Crippen molar-refractivity contribution in [2.75, 3.05) is 10.6 Å². The van der Waals surface area contributed by atoms with Crippen LogP contribution in [0, 0.1) is 16.7 Å². The highest BCUT2D eigenvalue weighted by Crippen LogP contribution is 2.31. The minimum Gasteiger partial charge on any atom is -0.390 e. The maximum atomic E-state index is 9.29. The molecule has 3 rings (SSSR count). The molecule has 0 atom stereocenters. The fourth-order valence-electron chi connectivity index (χ4n) is 2.32. The second-order valence-corrected chi connectivity index (χ2v) is 5.79. The molecule has 0 saturated carbocycles. The van der Waals surface area contributed by atoms with Crippen molar-refractivity contribution in [1.82, 2.24) is 15.0 Å². The van der Waals surface area contributed by atoms with Gasteiger partial charge in [-0.2, -0.15) is 5.26 Å². The summed E-state index contributed by atoms with van der Waals surface area (Å²) in [5.41, 5.74) is 2.36. The van der Waals surface area contributed by atoms with Crippen LogP contribution in [0.2, 0.25) is 5.02 Å². The summed E-state index contributed by atoms with van der Waals surface area (Å²) in [5, 5.41) is 32.5. The van der Waals surface area contributed by atoms with Gasteiger partial charge < -0.3 is 21.1 Å². The molecule has 0 saturated heterocycles. The Morgan fingerprint density at radius 2 is 2.00 bits per heavy atom. The summed E-state index contributed by atoms with van der Waals surface area (Å²) in [6.45, 7) is -0.201. The number of halogens is 1. The van der Waals surface area contributed by atoms with Gasteiger partial charge in [0.15, 0.2) is 0 Å². The first-order valence-electron chi connectivity index (χ1n) is 7.79. The van der Waals surface area contributed by atoms with E-state index >= 15 is 0 Å². The molecule has 0 aliphatic rings. The molecule has 2 aromatic heterocycles. The Balaban J connectivity index is 1.95. The first-order chi connectivity index (χ1) is 13.1. The highest BCUT2D eigenvalue weighted by Gasteiger charge is 2.11. The van der Waals surface area contributed by atoms with Crippen LogP contribution < -0.4 is 10.6 Å². The van der Waals surface area contributed by atoms with Gasteiger partial charge in [0.2, 0.25) is 0 Å². The van der Waals surface area contributed by atoms with Crippen LogP contribution in [0.25, 0.3) is 0 Å². The summed E-state index contributed by atoms with van der Waals surface area (Å²) >= 11 is 6.21. The lowest BCUT2D eigenvalue weighted by molar-refractivity contribution is 0.276. The summed E-state index contributed by atoms with van der Waals surface area (Å²) in [6, 6.07) is 10.4. The van der Waals surface area contributed by atoms with Gasteiger partial charge in [-0.1, -0.05) is 17.7 Å². The average Bonchev–Trinajstić information content (AvgIpc) is 2.70. The molecule has 4 N–H and O–H groups in total. The number of nitrogens with one attached hydrogen (secondary N) is 3. The van der Waals surface area contributed by atoms with Gasteiger partial charge in [0.25, 0.3) is 0 Å². The first kappa shape index (κ1) is 18.3. The Kier molecular flexibility index (Phi) is 5.56. The number of benzene rings is 1. The number of hydrogen-bond donors (Lipinski definition) is 4. The maximum absolute atomic E-state index is 9.29. The molecule has 0 spiro atoms. The van der Waals surface area contributed by atoms with E-state index in [1.54, 1.807) is 30.3 Å². The number of aromatic nitrogens is 3. The molecule has 0 aliphatic heterocycles. The molecule has 1 aromatic carbocycles. The summed E-state index contributed by atoms with van der Waals surface area (Å²) in [5.74, 6) is 0.918. The van der Waals surface area contributed by atoms with Gasteiger partial charge in [0.1, 0.15) is 24.0 Å². The van der Waals surface area contributed by atoms with Crippen LogP contribution in [0.4, 0.5) is 23.0 Å². The number of aliphatic hydroxyl groups excluding tert-OH is 1. The molecule has 0 aliphatic carbocycles. The van der Waals surface area contributed by atoms with E-state index in [9.17, 15) is 10.4 Å². The number of nitrogens with zero attached hydrogens (tertiary/aromatic N) is 4. The molecule has 0 fully saturated rings. The molecule has 134 valence electrons. The van der Waals surface area contributed by atoms with Gasteiger partial charge in [-0.05, 0) is 12.1 Å². The molecule has 2 heterocycles. The van der Waals surface area contributed by atoms with E-state index in [0.717, 1.165) is 6.21 Å². The predicted molar refractivity (Wildman–Crippen MR) is 103 cm³/mol. The average molecular weight is 380 g/mol. The fraction of sp³-hybridized carbons (Fsp3) is 0.0556. The lowest BCUT2D eigenvalue weighted by atomic mass is 10.1. The molecule has 8 nitrogen and oxygen atoms in total. The number of rotatable bonds is 6. The number of pyridine rings is 1. The number of anilines is 4. The molecular weight excluding hydrogens is 366 g/mol. The summed E-state index contributed by atoms with van der Waals surface area (Å²) in [4.78, 5) is 12.2. The molecule has 9 heteroatoms. The van der Waals surface area contributed by atoms with Crippen LogP contribution in [-0.4, -0.2) is 26.3 Å². The van der Waals surface area contributed by atoms with E-state index in [1.807, 2.05) is 0 Å². The van der Waals surface area contributed by atoms with Crippen LogP contribution in [-0.2, 0) is 6.61 Å². The van der Waals surface area contributed by atoms with Crippen molar-refractivity contribution in [3.8, 4) is 6.07 Å². The second kappa shape index (κ2) is 8.23. The van der Waals surface area contributed by atoms with Crippen molar-refractivity contribution in [3.63, 3.8) is 0 Å². The molecule has 3 aromatic rings. The van der Waals surface area contributed by atoms with Crippen molar-refractivity contribution in [3.05, 3.63) is 64.7 Å². The summed E-state index contributed by atoms with van der Waals surface area (Å²) in [6.07, 6.45) is 3.99. The van der Waals surface area contributed by atoms with Crippen LogP contribution >= 0.6 is 11.6 Å². The quantitative estimate of drug-likeness (QED) is 0.483. The van der Waals surface area contributed by atoms with Crippen LogP contribution in [0.3, 0.4) is 0 Å². The van der Waals surface area contributed by atoms with Crippen LogP contribution in [0.15, 0.2) is 42.9 Å². The van der Waals surface area contributed by atoms with E-state index in [0.29, 0.717) is 44.9 Å². The third-order valence-corrected chi connectivity index (χ3v) is 3.94. The highest BCUT2D eigenvalue weighted by atomic mass is 35.5. The molecule has 0 radical (unpaired) electrons. The smallest absolute Gasteiger partial charge is 0.135 e. The van der Waals surface area contributed by atoms with Crippen LogP contribution in [0.1, 0.15) is 16.8 Å². The van der Waals surface area contributed by atoms with E-state index in [2.05, 4.69) is 31.7 Å². The molecule has 0 unspecified atom stereocenters. The number of nitriles is 1. The zero-order valence-electron chi connectivity index (χ0n) is 13.9. The third kappa shape index (κ3) is 4.17. The Morgan fingerprint density at radius 3 is 2.74 bits per heavy atom. The number of hydrogen-bond acceptors (Lipinski definition) is 8. The SMILES string of the molecule is N#Cc1cccc(Cl)c1Nc1cc(Nc2cc(CO)ncn2)ncc1C=N. The predicted octanol–water partition coefficient (Wildman–Crippen LogP) is 3.37. The molecular formula is C18H14ClN7O. The highest BCUT2D eigenvalue weighted by molar-refractivity contribution is 6.33. The zero-order chi connectivity index (χ0) is 19.2. The normalized spacial score (nSPS) is 10.1. The van der Waals surface area contributed by atoms with E-state index in [1.165, 1.54) is 12.5 Å². The third-order valence-electron chi connectivity index (χ3n) is 3.63. The summed E-state index contributed by atoms with van der Waals surface area (Å²) in [7, 11) is 0. The van der Waals surface area contributed by atoms with Crippen molar-refractivity contribution in [2.45, 2.75) is 6.61 Å². The first-order valence-corrected chi connectivity index (χ1v) is 8.17. The Labute approximate surface area is 160 Å². The topological polar surface area (TPSA) is 131 Å². The van der Waals surface area contributed by atoms with Crippen LogP contribution in [0.5, 0.6) is 0 Å². The lowest BCUT2D eigenvalue weighted by Crippen LogP contribution is -2.03. The van der Waals surface area contributed by atoms with E-state index in [4.69, 9.17) is 17.0 Å². The minimum absolute atomic E-state index is 0.201. The zero-order valence-corrected chi connectivity index (χ0v) is 14.7. The van der Waals surface area contributed by atoms with Crippen molar-refractivity contribution >= 4 is 40.8 Å². The summed E-state index contributed by atoms with van der Waals surface area (Å²) < 4.78 is 0. The van der Waals surface area contributed by atoms with Gasteiger partial charge in [-0.3, -0.25) is 0 Å². The number of aliphatic hydroxyl groups is 1. The van der Waals surface area contributed by atoms with E-state index in [-0.39, 0.29) is 6.61 Å². The monoisotopic (exact) mass is 379 g/mol. The number of para-hydroxylation sites is 1. The van der Waals surface area contributed by atoms with Gasteiger partial charge in [0, 0.05) is 30.1 Å². The van der Waals surface area contributed by atoms with Gasteiger partial charge in [-0.15, -0.1) is 0 Å². The van der Waals surface area contributed by atoms with Gasteiger partial charge in [-0.25, -0.2) is 15.0 Å².